The molecule has 0 aromatic heterocycles. The number of piperidine rings is 1. The van der Waals surface area contributed by atoms with Crippen molar-refractivity contribution in [2.45, 2.75) is 24.2 Å². The Bertz CT molecular complexity index is 921. The first-order valence-corrected chi connectivity index (χ1v) is 10.6. The standard InChI is InChI=1S/C20H22N2O5S/c23-19(22-13-5-2-6-14-22)15-27-20(24)16-9-11-18(12-10-16)28(25,26)21-17-7-3-1-4-8-17/h1,3-4,7-12,21H,2,5-6,13-15H2. The Balaban J connectivity index is 1.58. The Morgan fingerprint density at radius 1 is 0.929 bits per heavy atom. The molecule has 0 spiro atoms. The number of esters is 1. The van der Waals surface area contributed by atoms with Gasteiger partial charge in [0.1, 0.15) is 0 Å². The molecular formula is C20H22N2O5S. The number of carbonyl (C=O) groups is 2. The van der Waals surface area contributed by atoms with Gasteiger partial charge in [0.15, 0.2) is 6.61 Å². The molecule has 8 heteroatoms. The first-order valence-electron chi connectivity index (χ1n) is 9.08. The molecular weight excluding hydrogens is 380 g/mol. The summed E-state index contributed by atoms with van der Waals surface area (Å²) >= 11 is 0. The van der Waals surface area contributed by atoms with E-state index in [1.165, 1.54) is 24.3 Å². The highest BCUT2D eigenvalue weighted by Crippen LogP contribution is 2.17. The number of hydrogen-bond donors (Lipinski definition) is 1. The number of sulfonamides is 1. The van der Waals surface area contributed by atoms with Crippen LogP contribution in [0.3, 0.4) is 0 Å². The maximum Gasteiger partial charge on any atom is 0.338 e. The van der Waals surface area contributed by atoms with E-state index >= 15 is 0 Å². The first kappa shape index (κ1) is 19.9. The highest BCUT2D eigenvalue weighted by atomic mass is 32.2. The minimum atomic E-state index is -3.76. The van der Waals surface area contributed by atoms with Crippen molar-refractivity contribution >= 4 is 27.6 Å². The molecule has 28 heavy (non-hydrogen) atoms. The Labute approximate surface area is 164 Å². The second-order valence-corrected chi connectivity index (χ2v) is 8.20. The lowest BCUT2D eigenvalue weighted by Crippen LogP contribution is -2.38. The number of benzene rings is 2. The quantitative estimate of drug-likeness (QED) is 0.750. The Morgan fingerprint density at radius 2 is 1.57 bits per heavy atom. The van der Waals surface area contributed by atoms with Crippen LogP contribution < -0.4 is 4.72 Å². The van der Waals surface area contributed by atoms with Gasteiger partial charge in [-0.1, -0.05) is 18.2 Å². The van der Waals surface area contributed by atoms with Crippen LogP contribution in [0, 0.1) is 0 Å². The van der Waals surface area contributed by atoms with Crippen LogP contribution in [0.15, 0.2) is 59.5 Å². The van der Waals surface area contributed by atoms with Crippen molar-refractivity contribution in [2.24, 2.45) is 0 Å². The Kier molecular flexibility index (Phi) is 6.30. The molecule has 1 aliphatic heterocycles. The fraction of sp³-hybridized carbons (Fsp3) is 0.300. The van der Waals surface area contributed by atoms with Crippen molar-refractivity contribution in [3.63, 3.8) is 0 Å². The number of rotatable bonds is 6. The molecule has 0 unspecified atom stereocenters. The summed E-state index contributed by atoms with van der Waals surface area (Å²) in [4.78, 5) is 25.9. The number of ether oxygens (including phenoxy) is 1. The molecule has 7 nitrogen and oxygen atoms in total. The van der Waals surface area contributed by atoms with Gasteiger partial charge < -0.3 is 9.64 Å². The predicted octanol–water partition coefficient (Wildman–Crippen LogP) is 2.66. The number of carbonyl (C=O) groups excluding carboxylic acids is 2. The molecule has 1 fully saturated rings. The van der Waals surface area contributed by atoms with Crippen LogP contribution in [0.4, 0.5) is 5.69 Å². The molecule has 1 amide bonds. The zero-order valence-electron chi connectivity index (χ0n) is 15.3. The van der Waals surface area contributed by atoms with Crippen LogP contribution in [0.25, 0.3) is 0 Å². The second-order valence-electron chi connectivity index (χ2n) is 6.51. The van der Waals surface area contributed by atoms with Gasteiger partial charge in [-0.05, 0) is 55.7 Å². The Hall–Kier alpha value is -2.87. The molecule has 1 heterocycles. The molecule has 1 aliphatic rings. The number of para-hydroxylation sites is 1. The van der Waals surface area contributed by atoms with Crippen LogP contribution in [0.1, 0.15) is 29.6 Å². The third-order valence-corrected chi connectivity index (χ3v) is 5.86. The van der Waals surface area contributed by atoms with E-state index in [1.54, 1.807) is 35.2 Å². The van der Waals surface area contributed by atoms with E-state index in [4.69, 9.17) is 4.74 Å². The zero-order chi connectivity index (χ0) is 20.0. The van der Waals surface area contributed by atoms with Crippen LogP contribution >= 0.6 is 0 Å². The van der Waals surface area contributed by atoms with E-state index in [2.05, 4.69) is 4.72 Å². The molecule has 0 bridgehead atoms. The van der Waals surface area contributed by atoms with E-state index in [0.29, 0.717) is 18.8 Å². The first-order chi connectivity index (χ1) is 13.5. The molecule has 2 aromatic rings. The summed E-state index contributed by atoms with van der Waals surface area (Å²) < 4.78 is 32.3. The van der Waals surface area contributed by atoms with E-state index in [0.717, 1.165) is 19.3 Å². The van der Waals surface area contributed by atoms with Crippen LogP contribution in [-0.4, -0.2) is 44.9 Å². The molecule has 1 N–H and O–H groups in total. The van der Waals surface area contributed by atoms with Crippen LogP contribution in [0.2, 0.25) is 0 Å². The van der Waals surface area contributed by atoms with E-state index < -0.39 is 16.0 Å². The largest absolute Gasteiger partial charge is 0.452 e. The third kappa shape index (κ3) is 5.10. The predicted molar refractivity (Wildman–Crippen MR) is 104 cm³/mol. The smallest absolute Gasteiger partial charge is 0.338 e. The molecule has 2 aromatic carbocycles. The molecule has 0 aliphatic carbocycles. The summed E-state index contributed by atoms with van der Waals surface area (Å²) in [5.41, 5.74) is 0.632. The van der Waals surface area contributed by atoms with Gasteiger partial charge in [0.25, 0.3) is 15.9 Å². The summed E-state index contributed by atoms with van der Waals surface area (Å²) in [6.07, 6.45) is 3.04. The summed E-state index contributed by atoms with van der Waals surface area (Å²) in [6, 6.07) is 13.9. The number of anilines is 1. The van der Waals surface area contributed by atoms with Crippen molar-refractivity contribution in [2.75, 3.05) is 24.4 Å². The summed E-state index contributed by atoms with van der Waals surface area (Å²) in [5, 5.41) is 0. The zero-order valence-corrected chi connectivity index (χ0v) is 16.2. The normalized spacial score (nSPS) is 14.4. The molecule has 3 rings (SSSR count). The minimum Gasteiger partial charge on any atom is -0.452 e. The fourth-order valence-corrected chi connectivity index (χ4v) is 3.99. The minimum absolute atomic E-state index is 0.0253. The van der Waals surface area contributed by atoms with Gasteiger partial charge in [0, 0.05) is 18.8 Å². The number of amides is 1. The molecule has 1 saturated heterocycles. The summed E-state index contributed by atoms with van der Waals surface area (Å²) in [5.74, 6) is -0.871. The van der Waals surface area contributed by atoms with Gasteiger partial charge in [0.05, 0.1) is 10.5 Å². The topological polar surface area (TPSA) is 92.8 Å². The summed E-state index contributed by atoms with van der Waals surface area (Å²) in [6.45, 7) is 1.07. The van der Waals surface area contributed by atoms with Gasteiger partial charge in [0.2, 0.25) is 0 Å². The van der Waals surface area contributed by atoms with E-state index in [9.17, 15) is 18.0 Å². The lowest BCUT2D eigenvalue weighted by Gasteiger charge is -2.26. The lowest BCUT2D eigenvalue weighted by atomic mass is 10.1. The van der Waals surface area contributed by atoms with Gasteiger partial charge in [-0.25, -0.2) is 13.2 Å². The number of hydrogen-bond acceptors (Lipinski definition) is 5. The van der Waals surface area contributed by atoms with Gasteiger partial charge in [-0.15, -0.1) is 0 Å². The third-order valence-electron chi connectivity index (χ3n) is 4.46. The second kappa shape index (κ2) is 8.88. The van der Waals surface area contributed by atoms with Crippen molar-refractivity contribution in [1.29, 1.82) is 0 Å². The maximum atomic E-state index is 12.4. The van der Waals surface area contributed by atoms with E-state index in [1.807, 2.05) is 0 Å². The number of nitrogens with one attached hydrogen (secondary N) is 1. The highest BCUT2D eigenvalue weighted by Gasteiger charge is 2.19. The van der Waals surface area contributed by atoms with Crippen LogP contribution in [0.5, 0.6) is 0 Å². The molecule has 0 atom stereocenters. The van der Waals surface area contributed by atoms with Crippen LogP contribution in [-0.2, 0) is 19.6 Å². The van der Waals surface area contributed by atoms with Crippen molar-refractivity contribution < 1.29 is 22.7 Å². The number of nitrogens with zero attached hydrogens (tertiary/aromatic N) is 1. The molecule has 148 valence electrons. The highest BCUT2D eigenvalue weighted by molar-refractivity contribution is 7.92. The van der Waals surface area contributed by atoms with Crippen molar-refractivity contribution in [3.05, 3.63) is 60.2 Å². The number of likely N-dealkylation sites (tertiary alicyclic amines) is 1. The van der Waals surface area contributed by atoms with Gasteiger partial charge in [-0.2, -0.15) is 0 Å². The van der Waals surface area contributed by atoms with Crippen molar-refractivity contribution in [1.82, 2.24) is 4.90 Å². The lowest BCUT2D eigenvalue weighted by molar-refractivity contribution is -0.135. The summed E-state index contributed by atoms with van der Waals surface area (Å²) in [7, 11) is -3.76. The SMILES string of the molecule is O=C(OCC(=O)N1CCCCC1)c1ccc(S(=O)(=O)Nc2ccccc2)cc1. The average molecular weight is 402 g/mol. The molecule has 0 radical (unpaired) electrons. The van der Waals surface area contributed by atoms with Gasteiger partial charge >= 0.3 is 5.97 Å². The van der Waals surface area contributed by atoms with E-state index in [-0.39, 0.29) is 23.0 Å². The average Bonchev–Trinajstić information content (AvgIpc) is 2.73. The fourth-order valence-electron chi connectivity index (χ4n) is 2.94. The van der Waals surface area contributed by atoms with Gasteiger partial charge in [-0.3, -0.25) is 9.52 Å². The maximum absolute atomic E-state index is 12.4. The molecule has 0 saturated carbocycles. The van der Waals surface area contributed by atoms with Crippen molar-refractivity contribution in [3.8, 4) is 0 Å². The Morgan fingerprint density at radius 3 is 2.21 bits per heavy atom. The monoisotopic (exact) mass is 402 g/mol.